The number of aliphatic hydroxyl groups is 1. The Morgan fingerprint density at radius 3 is 2.65 bits per heavy atom. The number of hydrogen-bond donors (Lipinski definition) is 1. The summed E-state index contributed by atoms with van der Waals surface area (Å²) in [6.45, 7) is 7.28. The third-order valence-electron chi connectivity index (χ3n) is 2.23. The molecule has 5 nitrogen and oxygen atoms in total. The van der Waals surface area contributed by atoms with Crippen LogP contribution in [0.4, 0.5) is 5.69 Å². The lowest BCUT2D eigenvalue weighted by Crippen LogP contribution is -2.10. The first-order chi connectivity index (χ1) is 7.95. The second-order valence-electron chi connectivity index (χ2n) is 4.03. The summed E-state index contributed by atoms with van der Waals surface area (Å²) in [6, 6.07) is 4.32. The lowest BCUT2D eigenvalue weighted by Gasteiger charge is -2.17. The van der Waals surface area contributed by atoms with Gasteiger partial charge in [0.15, 0.2) is 0 Å². The number of non-ortho nitro benzene ring substituents is 1. The molecule has 0 saturated carbocycles. The van der Waals surface area contributed by atoms with Gasteiger partial charge in [-0.3, -0.25) is 10.1 Å². The summed E-state index contributed by atoms with van der Waals surface area (Å²) in [7, 11) is 0. The van der Waals surface area contributed by atoms with Crippen LogP contribution in [0.5, 0.6) is 5.75 Å². The fraction of sp³-hybridized carbons (Fsp3) is 0.417. The SMILES string of the molecule is [CH2]C(CO)c1cc([N+](=O)[O-])ccc1OC(C)C. The molecular weight excluding hydrogens is 222 g/mol. The molecule has 1 unspecified atom stereocenters. The number of nitrogens with zero attached hydrogens (tertiary/aromatic N) is 1. The van der Waals surface area contributed by atoms with E-state index < -0.39 is 10.8 Å². The molecule has 0 heterocycles. The molecule has 0 aliphatic carbocycles. The highest BCUT2D eigenvalue weighted by Crippen LogP contribution is 2.30. The van der Waals surface area contributed by atoms with Crippen LogP contribution in [-0.2, 0) is 0 Å². The van der Waals surface area contributed by atoms with Crippen LogP contribution in [0.15, 0.2) is 18.2 Å². The van der Waals surface area contributed by atoms with E-state index >= 15 is 0 Å². The highest BCUT2D eigenvalue weighted by atomic mass is 16.6. The maximum Gasteiger partial charge on any atom is 0.269 e. The normalized spacial score (nSPS) is 12.5. The van der Waals surface area contributed by atoms with Crippen molar-refractivity contribution in [1.29, 1.82) is 0 Å². The Morgan fingerprint density at radius 1 is 1.53 bits per heavy atom. The van der Waals surface area contributed by atoms with Gasteiger partial charge in [0.1, 0.15) is 5.75 Å². The highest BCUT2D eigenvalue weighted by Gasteiger charge is 2.17. The predicted octanol–water partition coefficient (Wildman–Crippen LogP) is 2.29. The van der Waals surface area contributed by atoms with Crippen LogP contribution in [-0.4, -0.2) is 22.7 Å². The maximum atomic E-state index is 10.7. The van der Waals surface area contributed by atoms with Crippen LogP contribution in [0.3, 0.4) is 0 Å². The van der Waals surface area contributed by atoms with Crippen LogP contribution < -0.4 is 4.74 Å². The minimum absolute atomic E-state index is 0.0294. The predicted molar refractivity (Wildman–Crippen MR) is 64.0 cm³/mol. The van der Waals surface area contributed by atoms with E-state index in [1.54, 1.807) is 6.07 Å². The zero-order chi connectivity index (χ0) is 13.0. The molecule has 0 fully saturated rings. The Hall–Kier alpha value is -1.62. The fourth-order valence-corrected chi connectivity index (χ4v) is 1.43. The van der Waals surface area contributed by atoms with Crippen molar-refractivity contribution in [2.45, 2.75) is 25.9 Å². The molecular formula is C12H16NO4. The maximum absolute atomic E-state index is 10.7. The lowest BCUT2D eigenvalue weighted by atomic mass is 10.0. The van der Waals surface area contributed by atoms with Crippen molar-refractivity contribution >= 4 is 5.69 Å². The molecule has 1 aromatic rings. The molecule has 0 aromatic heterocycles. The number of ether oxygens (including phenoxy) is 1. The number of hydrogen-bond acceptors (Lipinski definition) is 4. The first-order valence-electron chi connectivity index (χ1n) is 5.34. The quantitative estimate of drug-likeness (QED) is 0.631. The largest absolute Gasteiger partial charge is 0.491 e. The first kappa shape index (κ1) is 13.4. The summed E-state index contributed by atoms with van der Waals surface area (Å²) < 4.78 is 5.53. The standard InChI is InChI=1S/C12H16NO4/c1-8(2)17-12-5-4-10(13(15)16)6-11(12)9(3)7-14/h4-6,8-9,14H,3,7H2,1-2H3. The van der Waals surface area contributed by atoms with Gasteiger partial charge >= 0.3 is 0 Å². The van der Waals surface area contributed by atoms with E-state index in [4.69, 9.17) is 9.84 Å². The van der Waals surface area contributed by atoms with Crippen LogP contribution in [0.2, 0.25) is 0 Å². The third kappa shape index (κ3) is 3.42. The van der Waals surface area contributed by atoms with Crippen molar-refractivity contribution in [1.82, 2.24) is 0 Å². The van der Waals surface area contributed by atoms with Gasteiger partial charge in [0.2, 0.25) is 0 Å². The topological polar surface area (TPSA) is 72.6 Å². The summed E-state index contributed by atoms with van der Waals surface area (Å²) in [4.78, 5) is 10.2. The van der Waals surface area contributed by atoms with Gasteiger partial charge in [-0.2, -0.15) is 0 Å². The van der Waals surface area contributed by atoms with E-state index in [1.165, 1.54) is 12.1 Å². The monoisotopic (exact) mass is 238 g/mol. The van der Waals surface area contributed by atoms with Gasteiger partial charge in [-0.15, -0.1) is 0 Å². The van der Waals surface area contributed by atoms with Crippen molar-refractivity contribution in [3.63, 3.8) is 0 Å². The molecule has 0 spiro atoms. The Kier molecular flexibility index (Phi) is 4.45. The molecule has 17 heavy (non-hydrogen) atoms. The van der Waals surface area contributed by atoms with Gasteiger partial charge in [0.05, 0.1) is 17.6 Å². The summed E-state index contributed by atoms with van der Waals surface area (Å²) >= 11 is 0. The second-order valence-corrected chi connectivity index (χ2v) is 4.03. The zero-order valence-electron chi connectivity index (χ0n) is 9.92. The molecule has 0 aliphatic rings. The van der Waals surface area contributed by atoms with Gasteiger partial charge in [0.25, 0.3) is 5.69 Å². The van der Waals surface area contributed by atoms with Crippen molar-refractivity contribution in [2.75, 3.05) is 6.61 Å². The van der Waals surface area contributed by atoms with Gasteiger partial charge < -0.3 is 9.84 Å². The minimum atomic E-state index is -0.479. The van der Waals surface area contributed by atoms with Gasteiger partial charge in [-0.1, -0.05) is 0 Å². The molecule has 1 aromatic carbocycles. The van der Waals surface area contributed by atoms with Crippen LogP contribution in [0.25, 0.3) is 0 Å². The van der Waals surface area contributed by atoms with E-state index in [0.717, 1.165) is 0 Å². The van der Waals surface area contributed by atoms with Crippen molar-refractivity contribution in [3.8, 4) is 5.75 Å². The zero-order valence-corrected chi connectivity index (χ0v) is 9.92. The second kappa shape index (κ2) is 5.63. The molecule has 1 N–H and O–H groups in total. The van der Waals surface area contributed by atoms with E-state index in [1.807, 2.05) is 13.8 Å². The Labute approximate surface area is 100 Å². The first-order valence-corrected chi connectivity index (χ1v) is 5.34. The van der Waals surface area contributed by atoms with Crippen LogP contribution in [0.1, 0.15) is 25.3 Å². The third-order valence-corrected chi connectivity index (χ3v) is 2.23. The van der Waals surface area contributed by atoms with Crippen molar-refractivity contribution in [3.05, 3.63) is 40.8 Å². The van der Waals surface area contributed by atoms with E-state index in [0.29, 0.717) is 11.3 Å². The van der Waals surface area contributed by atoms with Crippen LogP contribution in [0, 0.1) is 17.0 Å². The van der Waals surface area contributed by atoms with Crippen molar-refractivity contribution < 1.29 is 14.8 Å². The summed E-state index contributed by atoms with van der Waals surface area (Å²) in [6.07, 6.45) is -0.0406. The number of nitro benzene ring substituents is 1. The number of aliphatic hydroxyl groups excluding tert-OH is 1. The number of benzene rings is 1. The van der Waals surface area contributed by atoms with Crippen molar-refractivity contribution in [2.24, 2.45) is 0 Å². The summed E-state index contributed by atoms with van der Waals surface area (Å²) in [5.74, 6) is 0.0864. The van der Waals surface area contributed by atoms with Gasteiger partial charge in [-0.25, -0.2) is 0 Å². The molecule has 0 amide bonds. The fourth-order valence-electron chi connectivity index (χ4n) is 1.43. The van der Waals surface area contributed by atoms with E-state index in [9.17, 15) is 10.1 Å². The Morgan fingerprint density at radius 2 is 2.18 bits per heavy atom. The summed E-state index contributed by atoms with van der Waals surface area (Å²) in [5.41, 5.74) is 0.522. The smallest absolute Gasteiger partial charge is 0.269 e. The molecule has 93 valence electrons. The molecule has 0 saturated heterocycles. The molecule has 0 bridgehead atoms. The average molecular weight is 238 g/mol. The molecule has 0 aliphatic heterocycles. The number of rotatable bonds is 5. The van der Waals surface area contributed by atoms with Gasteiger partial charge in [0, 0.05) is 23.6 Å². The minimum Gasteiger partial charge on any atom is -0.491 e. The molecule has 1 radical (unpaired) electrons. The Balaban J connectivity index is 3.16. The average Bonchev–Trinajstić information content (AvgIpc) is 2.27. The van der Waals surface area contributed by atoms with Gasteiger partial charge in [-0.05, 0) is 26.8 Å². The molecule has 1 atom stereocenters. The van der Waals surface area contributed by atoms with E-state index in [-0.39, 0.29) is 18.4 Å². The lowest BCUT2D eigenvalue weighted by molar-refractivity contribution is -0.385. The highest BCUT2D eigenvalue weighted by molar-refractivity contribution is 5.46. The number of nitro groups is 1. The summed E-state index contributed by atoms with van der Waals surface area (Å²) in [5, 5.41) is 19.8. The molecule has 5 heteroatoms. The Bertz CT molecular complexity index is 403. The van der Waals surface area contributed by atoms with Crippen LogP contribution >= 0.6 is 0 Å². The molecule has 1 rings (SSSR count). The van der Waals surface area contributed by atoms with E-state index in [2.05, 4.69) is 6.92 Å².